The summed E-state index contributed by atoms with van der Waals surface area (Å²) in [4.78, 5) is 11.1. The summed E-state index contributed by atoms with van der Waals surface area (Å²) in [5, 5.41) is 4.09. The van der Waals surface area contributed by atoms with Gasteiger partial charge in [-0.05, 0) is 18.3 Å². The molecule has 3 rings (SSSR count). The highest BCUT2D eigenvalue weighted by atomic mass is 16.5. The molecule has 0 aromatic carbocycles. The lowest BCUT2D eigenvalue weighted by Gasteiger charge is -2.24. The Morgan fingerprint density at radius 1 is 1.68 bits per heavy atom. The van der Waals surface area contributed by atoms with E-state index in [2.05, 4.69) is 12.0 Å². The first kappa shape index (κ1) is 12.5. The van der Waals surface area contributed by atoms with Crippen molar-refractivity contribution >= 4 is 5.91 Å². The van der Waals surface area contributed by atoms with Crippen molar-refractivity contribution in [3.05, 3.63) is 11.8 Å². The summed E-state index contributed by atoms with van der Waals surface area (Å²) in [6.45, 7) is 4.36. The predicted octanol–water partition coefficient (Wildman–Crippen LogP) is 0.950. The van der Waals surface area contributed by atoms with Crippen LogP contribution in [-0.2, 0) is 11.3 Å². The fraction of sp³-hybridized carbons (Fsp3) is 0.692. The molecular weight excluding hydrogens is 246 g/mol. The van der Waals surface area contributed by atoms with Gasteiger partial charge in [-0.25, -0.2) is 4.68 Å². The van der Waals surface area contributed by atoms with Crippen molar-refractivity contribution in [2.75, 3.05) is 13.2 Å². The zero-order valence-corrected chi connectivity index (χ0v) is 11.1. The Kier molecular flexibility index (Phi) is 2.97. The maximum atomic E-state index is 11.1. The number of fused-ring (bicyclic) bond motifs is 1. The van der Waals surface area contributed by atoms with Crippen LogP contribution >= 0.6 is 0 Å². The van der Waals surface area contributed by atoms with Gasteiger partial charge < -0.3 is 15.2 Å². The molecule has 104 valence electrons. The zero-order valence-electron chi connectivity index (χ0n) is 11.1. The summed E-state index contributed by atoms with van der Waals surface area (Å²) in [7, 11) is 0. The van der Waals surface area contributed by atoms with Gasteiger partial charge in [0.05, 0.1) is 13.2 Å². The van der Waals surface area contributed by atoms with Crippen LogP contribution in [0.3, 0.4) is 0 Å². The third-order valence-corrected chi connectivity index (χ3v) is 3.80. The Morgan fingerprint density at radius 2 is 2.47 bits per heavy atom. The average molecular weight is 265 g/mol. The van der Waals surface area contributed by atoms with E-state index >= 15 is 0 Å². The van der Waals surface area contributed by atoms with E-state index in [9.17, 15) is 4.79 Å². The van der Waals surface area contributed by atoms with Gasteiger partial charge in [0.25, 0.3) is 5.91 Å². The van der Waals surface area contributed by atoms with E-state index in [4.69, 9.17) is 15.2 Å². The highest BCUT2D eigenvalue weighted by Crippen LogP contribution is 2.45. The third-order valence-electron chi connectivity index (χ3n) is 3.80. The van der Waals surface area contributed by atoms with Gasteiger partial charge in [-0.1, -0.05) is 6.92 Å². The number of aromatic nitrogens is 2. The van der Waals surface area contributed by atoms with Crippen LogP contribution in [0.25, 0.3) is 0 Å². The first-order chi connectivity index (χ1) is 9.06. The number of nitrogens with two attached hydrogens (primary N) is 1. The van der Waals surface area contributed by atoms with Gasteiger partial charge in [0.2, 0.25) is 5.88 Å². The minimum atomic E-state index is -0.528. The van der Waals surface area contributed by atoms with E-state index in [0.29, 0.717) is 17.9 Å². The van der Waals surface area contributed by atoms with Crippen molar-refractivity contribution < 1.29 is 14.3 Å². The van der Waals surface area contributed by atoms with Crippen LogP contribution in [0.4, 0.5) is 0 Å². The van der Waals surface area contributed by atoms with Crippen LogP contribution in [0.1, 0.15) is 36.7 Å². The van der Waals surface area contributed by atoms with Gasteiger partial charge >= 0.3 is 0 Å². The number of carbonyl (C=O) groups excluding carboxylic acids is 1. The first-order valence-electron chi connectivity index (χ1n) is 6.68. The summed E-state index contributed by atoms with van der Waals surface area (Å²) >= 11 is 0. The number of amides is 1. The van der Waals surface area contributed by atoms with Gasteiger partial charge in [-0.2, -0.15) is 5.10 Å². The molecule has 0 bridgehead atoms. The van der Waals surface area contributed by atoms with Crippen molar-refractivity contribution in [3.8, 4) is 5.88 Å². The Balaban J connectivity index is 1.54. The summed E-state index contributed by atoms with van der Waals surface area (Å²) in [6.07, 6.45) is 3.39. The normalized spacial score (nSPS) is 23.5. The van der Waals surface area contributed by atoms with Crippen molar-refractivity contribution in [2.45, 2.75) is 38.8 Å². The summed E-state index contributed by atoms with van der Waals surface area (Å²) in [5.74, 6) is 0.0752. The summed E-state index contributed by atoms with van der Waals surface area (Å²) < 4.78 is 13.2. The topological polar surface area (TPSA) is 79.4 Å². The van der Waals surface area contributed by atoms with Crippen molar-refractivity contribution in [2.24, 2.45) is 11.1 Å². The van der Waals surface area contributed by atoms with Gasteiger partial charge in [-0.3, -0.25) is 4.79 Å². The third kappa shape index (κ3) is 2.73. The minimum Gasteiger partial charge on any atom is -0.472 e. The van der Waals surface area contributed by atoms with Crippen molar-refractivity contribution in [1.29, 1.82) is 0 Å². The molecule has 0 saturated heterocycles. The lowest BCUT2D eigenvalue weighted by molar-refractivity contribution is 0.0109. The fourth-order valence-electron chi connectivity index (χ4n) is 2.18. The van der Waals surface area contributed by atoms with E-state index in [1.165, 1.54) is 12.8 Å². The van der Waals surface area contributed by atoms with Gasteiger partial charge in [0.15, 0.2) is 5.69 Å². The van der Waals surface area contributed by atoms with Crippen LogP contribution in [-0.4, -0.2) is 35.0 Å². The van der Waals surface area contributed by atoms with Gasteiger partial charge in [-0.15, -0.1) is 0 Å². The highest BCUT2D eigenvalue weighted by Gasteiger charge is 2.37. The number of hydrogen-bond acceptors (Lipinski definition) is 4. The molecule has 19 heavy (non-hydrogen) atoms. The molecule has 1 aliphatic heterocycles. The molecular formula is C13H19N3O3. The summed E-state index contributed by atoms with van der Waals surface area (Å²) in [6, 6.07) is 1.59. The molecule has 1 fully saturated rings. The molecule has 1 aliphatic carbocycles. The van der Waals surface area contributed by atoms with Crippen LogP contribution < -0.4 is 10.5 Å². The van der Waals surface area contributed by atoms with Crippen molar-refractivity contribution in [3.63, 3.8) is 0 Å². The predicted molar refractivity (Wildman–Crippen MR) is 67.9 cm³/mol. The molecule has 2 aliphatic rings. The number of hydrogen-bond donors (Lipinski definition) is 1. The monoisotopic (exact) mass is 265 g/mol. The standard InChI is InChI=1S/C13H19N3O3/c1-13(3-4-13)8-18-7-9-2-5-16-11(19-9)6-10(15-16)12(14)17/h6,9H,2-5,7-8H2,1H3,(H2,14,17)/t9-/m0/s1. The van der Waals surface area contributed by atoms with Crippen LogP contribution in [0.15, 0.2) is 6.07 Å². The first-order valence-corrected chi connectivity index (χ1v) is 6.68. The zero-order chi connectivity index (χ0) is 13.5. The molecule has 1 atom stereocenters. The number of ether oxygens (including phenoxy) is 2. The molecule has 6 nitrogen and oxygen atoms in total. The van der Waals surface area contributed by atoms with Crippen LogP contribution in [0.5, 0.6) is 5.88 Å². The average Bonchev–Trinajstić information content (AvgIpc) is 2.94. The second-order valence-electron chi connectivity index (χ2n) is 5.81. The molecule has 1 saturated carbocycles. The fourth-order valence-corrected chi connectivity index (χ4v) is 2.18. The number of primary amides is 1. The van der Waals surface area contributed by atoms with E-state index < -0.39 is 5.91 Å². The van der Waals surface area contributed by atoms with Gasteiger partial charge in [0, 0.05) is 19.0 Å². The van der Waals surface area contributed by atoms with E-state index in [1.807, 2.05) is 0 Å². The maximum Gasteiger partial charge on any atom is 0.269 e. The van der Waals surface area contributed by atoms with E-state index in [1.54, 1.807) is 10.7 Å². The molecule has 1 aromatic heterocycles. The minimum absolute atomic E-state index is 0.0345. The van der Waals surface area contributed by atoms with E-state index in [-0.39, 0.29) is 11.8 Å². The maximum absolute atomic E-state index is 11.1. The largest absolute Gasteiger partial charge is 0.472 e. The number of rotatable bonds is 5. The Bertz CT molecular complexity index is 493. The Morgan fingerprint density at radius 3 is 3.16 bits per heavy atom. The Labute approximate surface area is 111 Å². The lowest BCUT2D eigenvalue weighted by atomic mass is 10.2. The van der Waals surface area contributed by atoms with Crippen LogP contribution in [0.2, 0.25) is 0 Å². The summed E-state index contributed by atoms with van der Waals surface area (Å²) in [5.41, 5.74) is 5.85. The number of aryl methyl sites for hydroxylation is 1. The Hall–Kier alpha value is -1.56. The number of nitrogens with zero attached hydrogens (tertiary/aromatic N) is 2. The molecule has 1 amide bonds. The molecule has 6 heteroatoms. The quantitative estimate of drug-likeness (QED) is 0.859. The van der Waals surface area contributed by atoms with Crippen molar-refractivity contribution in [1.82, 2.24) is 9.78 Å². The second kappa shape index (κ2) is 4.52. The molecule has 2 heterocycles. The molecule has 1 aromatic rings. The highest BCUT2D eigenvalue weighted by molar-refractivity contribution is 5.91. The van der Waals surface area contributed by atoms with Gasteiger partial charge in [0.1, 0.15) is 6.10 Å². The molecule has 0 radical (unpaired) electrons. The molecule has 2 N–H and O–H groups in total. The smallest absolute Gasteiger partial charge is 0.269 e. The van der Waals surface area contributed by atoms with Crippen LogP contribution in [0, 0.1) is 5.41 Å². The number of carbonyl (C=O) groups is 1. The lowest BCUT2D eigenvalue weighted by Crippen LogP contribution is -2.31. The SMILES string of the molecule is CC1(COC[C@@H]2CCn3nc(C(N)=O)cc3O2)CC1. The second-order valence-corrected chi connectivity index (χ2v) is 5.81. The molecule has 0 unspecified atom stereocenters. The van der Waals surface area contributed by atoms with E-state index in [0.717, 1.165) is 19.6 Å². The molecule has 0 spiro atoms.